The summed E-state index contributed by atoms with van der Waals surface area (Å²) in [5.74, 6) is 0.886. The van der Waals surface area contributed by atoms with Gasteiger partial charge in [-0.2, -0.15) is 0 Å². The van der Waals surface area contributed by atoms with E-state index in [4.69, 9.17) is 5.73 Å². The van der Waals surface area contributed by atoms with E-state index in [2.05, 4.69) is 4.98 Å². The first-order valence-corrected chi connectivity index (χ1v) is 8.37. The summed E-state index contributed by atoms with van der Waals surface area (Å²) in [6.45, 7) is 3.21. The average Bonchev–Trinajstić information content (AvgIpc) is 2.33. The minimum atomic E-state index is -3.08. The topological polar surface area (TPSA) is 76.3 Å². The van der Waals surface area contributed by atoms with Crippen LogP contribution in [-0.2, 0) is 16.4 Å². The van der Waals surface area contributed by atoms with E-state index >= 15 is 0 Å². The Hall–Kier alpha value is -1.14. The number of nitrogens with zero attached hydrogens (tertiary/aromatic N) is 2. The van der Waals surface area contributed by atoms with Gasteiger partial charge in [-0.1, -0.05) is 6.07 Å². The maximum absolute atomic E-state index is 11.6. The van der Waals surface area contributed by atoms with Gasteiger partial charge in [-0.15, -0.1) is 0 Å². The number of nitrogen functional groups attached to an aromatic ring is 1. The summed E-state index contributed by atoms with van der Waals surface area (Å²) in [7, 11) is -3.08. The Balaban J connectivity index is 2.09. The monoisotopic (exact) mass is 283 g/mol. The van der Waals surface area contributed by atoms with Crippen molar-refractivity contribution in [2.75, 3.05) is 25.1 Å². The molecular formula is C13H21N3O2S. The number of aryl methyl sites for hydroxylation is 1. The molecule has 1 aliphatic rings. The molecule has 0 spiro atoms. The molecule has 0 aliphatic carbocycles. The molecule has 1 saturated heterocycles. The van der Waals surface area contributed by atoms with Gasteiger partial charge in [0.2, 0.25) is 10.0 Å². The average molecular weight is 283 g/mol. The Morgan fingerprint density at radius 2 is 2.26 bits per heavy atom. The molecule has 1 atom stereocenters. The van der Waals surface area contributed by atoms with Crippen LogP contribution in [0, 0.1) is 12.8 Å². The molecule has 2 heterocycles. The van der Waals surface area contributed by atoms with Crippen LogP contribution in [0.25, 0.3) is 0 Å². The van der Waals surface area contributed by atoms with Crippen molar-refractivity contribution in [2.45, 2.75) is 26.2 Å². The number of rotatable bonds is 3. The fourth-order valence-corrected chi connectivity index (χ4v) is 3.55. The summed E-state index contributed by atoms with van der Waals surface area (Å²) in [4.78, 5) is 4.16. The van der Waals surface area contributed by atoms with Gasteiger partial charge in [0.1, 0.15) is 5.82 Å². The van der Waals surface area contributed by atoms with Gasteiger partial charge in [0.05, 0.1) is 6.26 Å². The van der Waals surface area contributed by atoms with E-state index in [1.165, 1.54) is 6.26 Å². The molecule has 0 saturated carbocycles. The second-order valence-corrected chi connectivity index (χ2v) is 7.37. The summed E-state index contributed by atoms with van der Waals surface area (Å²) in [6, 6.07) is 2.04. The van der Waals surface area contributed by atoms with Crippen molar-refractivity contribution in [1.82, 2.24) is 9.29 Å². The lowest BCUT2D eigenvalue weighted by Crippen LogP contribution is -2.39. The van der Waals surface area contributed by atoms with Crippen LogP contribution in [0.3, 0.4) is 0 Å². The van der Waals surface area contributed by atoms with E-state index in [-0.39, 0.29) is 0 Å². The van der Waals surface area contributed by atoms with Gasteiger partial charge >= 0.3 is 0 Å². The van der Waals surface area contributed by atoms with Crippen molar-refractivity contribution in [1.29, 1.82) is 0 Å². The summed E-state index contributed by atoms with van der Waals surface area (Å²) in [6.07, 6.45) is 5.78. The predicted molar refractivity (Wildman–Crippen MR) is 76.2 cm³/mol. The van der Waals surface area contributed by atoms with Crippen LogP contribution in [0.1, 0.15) is 24.0 Å². The highest BCUT2D eigenvalue weighted by Gasteiger charge is 2.26. The maximum atomic E-state index is 11.6. The molecule has 0 bridgehead atoms. The van der Waals surface area contributed by atoms with Crippen molar-refractivity contribution in [3.63, 3.8) is 0 Å². The number of anilines is 1. The van der Waals surface area contributed by atoms with Crippen molar-refractivity contribution in [3.8, 4) is 0 Å². The Kier molecular flexibility index (Phi) is 4.10. The number of aromatic nitrogens is 1. The SMILES string of the molecule is Cc1cnc(N)c(CC2CCCN(S(C)(=O)=O)C2)c1. The molecule has 2 rings (SSSR count). The zero-order valence-electron chi connectivity index (χ0n) is 11.5. The van der Waals surface area contributed by atoms with Gasteiger partial charge in [-0.05, 0) is 43.2 Å². The van der Waals surface area contributed by atoms with Crippen LogP contribution in [0.2, 0.25) is 0 Å². The van der Waals surface area contributed by atoms with Crippen LogP contribution in [0.15, 0.2) is 12.3 Å². The van der Waals surface area contributed by atoms with E-state index in [1.54, 1.807) is 10.5 Å². The number of hydrogen-bond acceptors (Lipinski definition) is 4. The molecule has 0 radical (unpaired) electrons. The molecule has 6 heteroatoms. The molecule has 1 aromatic rings. The molecule has 0 amide bonds. The molecular weight excluding hydrogens is 262 g/mol. The molecule has 1 fully saturated rings. The third-order valence-electron chi connectivity index (χ3n) is 3.60. The molecule has 106 valence electrons. The molecule has 0 aromatic carbocycles. The highest BCUT2D eigenvalue weighted by molar-refractivity contribution is 7.88. The van der Waals surface area contributed by atoms with E-state index in [0.29, 0.717) is 24.8 Å². The summed E-state index contributed by atoms with van der Waals surface area (Å²) in [5.41, 5.74) is 8.00. The smallest absolute Gasteiger partial charge is 0.211 e. The number of sulfonamides is 1. The Labute approximate surface area is 114 Å². The zero-order valence-corrected chi connectivity index (χ0v) is 12.3. The lowest BCUT2D eigenvalue weighted by Gasteiger charge is -2.31. The van der Waals surface area contributed by atoms with Crippen molar-refractivity contribution < 1.29 is 8.42 Å². The molecule has 1 aromatic heterocycles. The number of piperidine rings is 1. The summed E-state index contributed by atoms with van der Waals surface area (Å²) >= 11 is 0. The van der Waals surface area contributed by atoms with Crippen molar-refractivity contribution in [3.05, 3.63) is 23.4 Å². The summed E-state index contributed by atoms with van der Waals surface area (Å²) in [5, 5.41) is 0. The Bertz CT molecular complexity index is 557. The first kappa shape index (κ1) is 14.3. The molecule has 1 aliphatic heterocycles. The fourth-order valence-electron chi connectivity index (χ4n) is 2.61. The number of hydrogen-bond donors (Lipinski definition) is 1. The van der Waals surface area contributed by atoms with Crippen LogP contribution in [0.4, 0.5) is 5.82 Å². The maximum Gasteiger partial charge on any atom is 0.211 e. The second kappa shape index (κ2) is 5.46. The molecule has 19 heavy (non-hydrogen) atoms. The van der Waals surface area contributed by atoms with E-state index < -0.39 is 10.0 Å². The van der Waals surface area contributed by atoms with Gasteiger partial charge in [-0.25, -0.2) is 17.7 Å². The van der Waals surface area contributed by atoms with E-state index in [1.807, 2.05) is 13.0 Å². The zero-order chi connectivity index (χ0) is 14.0. The van der Waals surface area contributed by atoms with E-state index in [0.717, 1.165) is 30.4 Å². The molecule has 5 nitrogen and oxygen atoms in total. The van der Waals surface area contributed by atoms with Crippen LogP contribution < -0.4 is 5.73 Å². The van der Waals surface area contributed by atoms with Crippen LogP contribution in [-0.4, -0.2) is 37.1 Å². The Morgan fingerprint density at radius 1 is 1.53 bits per heavy atom. The quantitative estimate of drug-likeness (QED) is 0.904. The second-order valence-electron chi connectivity index (χ2n) is 5.39. The lowest BCUT2D eigenvalue weighted by atomic mass is 9.92. The standard InChI is InChI=1S/C13H21N3O2S/c1-10-6-12(13(14)15-8-10)7-11-4-3-5-16(9-11)19(2,17)18/h6,8,11H,3-5,7,9H2,1-2H3,(H2,14,15). The highest BCUT2D eigenvalue weighted by atomic mass is 32.2. The minimum Gasteiger partial charge on any atom is -0.383 e. The van der Waals surface area contributed by atoms with Gasteiger partial charge in [-0.3, -0.25) is 0 Å². The third-order valence-corrected chi connectivity index (χ3v) is 4.87. The predicted octanol–water partition coefficient (Wildman–Crippen LogP) is 1.19. The Morgan fingerprint density at radius 3 is 2.95 bits per heavy atom. The largest absolute Gasteiger partial charge is 0.383 e. The van der Waals surface area contributed by atoms with Crippen molar-refractivity contribution in [2.24, 2.45) is 5.92 Å². The number of pyridine rings is 1. The van der Waals surface area contributed by atoms with Gasteiger partial charge < -0.3 is 5.73 Å². The first-order valence-electron chi connectivity index (χ1n) is 6.52. The van der Waals surface area contributed by atoms with Crippen LogP contribution in [0.5, 0.6) is 0 Å². The van der Waals surface area contributed by atoms with Crippen LogP contribution >= 0.6 is 0 Å². The van der Waals surface area contributed by atoms with Crippen molar-refractivity contribution >= 4 is 15.8 Å². The van der Waals surface area contributed by atoms with Gasteiger partial charge in [0.25, 0.3) is 0 Å². The first-order chi connectivity index (χ1) is 8.86. The third kappa shape index (κ3) is 3.67. The fraction of sp³-hybridized carbons (Fsp3) is 0.615. The van der Waals surface area contributed by atoms with Gasteiger partial charge in [0, 0.05) is 19.3 Å². The molecule has 1 unspecified atom stereocenters. The summed E-state index contributed by atoms with van der Waals surface area (Å²) < 4.78 is 24.8. The molecule has 2 N–H and O–H groups in total. The minimum absolute atomic E-state index is 0.328. The lowest BCUT2D eigenvalue weighted by molar-refractivity contribution is 0.267. The van der Waals surface area contributed by atoms with Gasteiger partial charge in [0.15, 0.2) is 0 Å². The highest BCUT2D eigenvalue weighted by Crippen LogP contribution is 2.24. The number of nitrogens with two attached hydrogens (primary N) is 1. The van der Waals surface area contributed by atoms with E-state index in [9.17, 15) is 8.42 Å². The normalized spacial score (nSPS) is 21.5.